The molecular weight excluding hydrogens is 292 g/mol. The van der Waals surface area contributed by atoms with Crippen LogP contribution in [0.2, 0.25) is 0 Å². The lowest BCUT2D eigenvalue weighted by Crippen LogP contribution is -2.41. The van der Waals surface area contributed by atoms with Crippen molar-refractivity contribution in [3.05, 3.63) is 12.2 Å². The van der Waals surface area contributed by atoms with Crippen molar-refractivity contribution in [2.24, 2.45) is 23.7 Å². The van der Waals surface area contributed by atoms with E-state index in [-0.39, 0.29) is 11.8 Å². The third-order valence-electron chi connectivity index (χ3n) is 5.02. The Morgan fingerprint density at radius 2 is 1.13 bits per heavy atom. The quantitative estimate of drug-likeness (QED) is 0.425. The van der Waals surface area contributed by atoms with Crippen LogP contribution >= 0.6 is 0 Å². The fraction of sp³-hybridized carbons (Fsp3) is 0.789. The Morgan fingerprint density at radius 1 is 0.739 bits per heavy atom. The summed E-state index contributed by atoms with van der Waals surface area (Å²) in [4.78, 5) is 23.5. The Kier molecular flexibility index (Phi) is 8.97. The Bertz CT molecular complexity index is 402. The molecule has 0 radical (unpaired) electrons. The van der Waals surface area contributed by atoms with Gasteiger partial charge in [-0.25, -0.2) is 0 Å². The van der Waals surface area contributed by atoms with Gasteiger partial charge < -0.3 is 10.2 Å². The highest BCUT2D eigenvalue weighted by Crippen LogP contribution is 2.39. The topological polar surface area (TPSA) is 74.6 Å². The van der Waals surface area contributed by atoms with Crippen LogP contribution in [0.4, 0.5) is 0 Å². The zero-order valence-corrected chi connectivity index (χ0v) is 14.5. The lowest BCUT2D eigenvalue weighted by molar-refractivity contribution is -0.158. The summed E-state index contributed by atoms with van der Waals surface area (Å²) in [5.74, 6) is -3.78. The largest absolute Gasteiger partial charge is 0.481 e. The maximum Gasteiger partial charge on any atom is 0.307 e. The molecule has 0 aromatic carbocycles. The number of aliphatic carboxylic acids is 2. The molecule has 0 fully saturated rings. The van der Waals surface area contributed by atoms with Crippen molar-refractivity contribution in [3.8, 4) is 0 Å². The first-order valence-electron chi connectivity index (χ1n) is 9.16. The SMILES string of the molecule is CCCCCCC1C=CC(CCCCC)C(C(=O)O)C1C(=O)O. The average Bonchev–Trinajstić information content (AvgIpc) is 2.51. The molecule has 23 heavy (non-hydrogen) atoms. The van der Waals surface area contributed by atoms with Gasteiger partial charge in [-0.3, -0.25) is 9.59 Å². The van der Waals surface area contributed by atoms with Crippen LogP contribution in [-0.4, -0.2) is 22.2 Å². The van der Waals surface area contributed by atoms with Gasteiger partial charge >= 0.3 is 11.9 Å². The first kappa shape index (κ1) is 19.7. The van der Waals surface area contributed by atoms with Crippen LogP contribution in [0.3, 0.4) is 0 Å². The minimum Gasteiger partial charge on any atom is -0.481 e. The summed E-state index contributed by atoms with van der Waals surface area (Å²) in [5.41, 5.74) is 0. The van der Waals surface area contributed by atoms with E-state index in [0.717, 1.165) is 57.8 Å². The highest BCUT2D eigenvalue weighted by atomic mass is 16.4. The molecule has 1 aliphatic rings. The standard InChI is InChI=1S/C19H32O4/c1-3-5-7-9-11-15-13-12-14(10-8-6-4-2)16(18(20)21)17(15)19(22)23/h12-17H,3-11H2,1-2H3,(H,20,21)(H,22,23). The van der Waals surface area contributed by atoms with E-state index in [1.165, 1.54) is 0 Å². The number of hydrogen-bond acceptors (Lipinski definition) is 2. The highest BCUT2D eigenvalue weighted by Gasteiger charge is 2.44. The molecule has 4 nitrogen and oxygen atoms in total. The molecule has 4 unspecified atom stereocenters. The van der Waals surface area contributed by atoms with E-state index in [1.54, 1.807) is 0 Å². The Hall–Kier alpha value is -1.32. The number of rotatable bonds is 11. The van der Waals surface area contributed by atoms with Crippen LogP contribution in [0, 0.1) is 23.7 Å². The second-order valence-electron chi connectivity index (χ2n) is 6.79. The molecule has 0 aliphatic heterocycles. The van der Waals surface area contributed by atoms with Gasteiger partial charge in [0.25, 0.3) is 0 Å². The van der Waals surface area contributed by atoms with Gasteiger partial charge in [0.2, 0.25) is 0 Å². The highest BCUT2D eigenvalue weighted by molar-refractivity contribution is 5.81. The second-order valence-corrected chi connectivity index (χ2v) is 6.79. The van der Waals surface area contributed by atoms with Crippen molar-refractivity contribution >= 4 is 11.9 Å². The van der Waals surface area contributed by atoms with Crippen LogP contribution < -0.4 is 0 Å². The number of unbranched alkanes of at least 4 members (excludes halogenated alkanes) is 5. The Labute approximate surface area is 140 Å². The predicted molar refractivity (Wildman–Crippen MR) is 91.3 cm³/mol. The zero-order chi connectivity index (χ0) is 17.2. The number of carboxylic acids is 2. The molecule has 0 amide bonds. The summed E-state index contributed by atoms with van der Waals surface area (Å²) in [6.45, 7) is 4.25. The molecule has 4 heteroatoms. The van der Waals surface area contributed by atoms with Crippen molar-refractivity contribution in [3.63, 3.8) is 0 Å². The maximum absolute atomic E-state index is 11.7. The Balaban J connectivity index is 2.81. The van der Waals surface area contributed by atoms with Crippen molar-refractivity contribution in [1.82, 2.24) is 0 Å². The summed E-state index contributed by atoms with van der Waals surface area (Å²) in [6.07, 6.45) is 13.0. The molecule has 4 atom stereocenters. The number of allylic oxidation sites excluding steroid dienone is 2. The van der Waals surface area contributed by atoms with E-state index < -0.39 is 23.8 Å². The molecular formula is C19H32O4. The molecule has 0 bridgehead atoms. The molecule has 0 saturated heterocycles. The fourth-order valence-corrected chi connectivity index (χ4v) is 3.72. The molecule has 132 valence electrons. The van der Waals surface area contributed by atoms with E-state index in [2.05, 4.69) is 13.8 Å². The van der Waals surface area contributed by atoms with E-state index in [4.69, 9.17) is 0 Å². The van der Waals surface area contributed by atoms with Gasteiger partial charge in [-0.2, -0.15) is 0 Å². The molecule has 0 aromatic rings. The molecule has 0 aromatic heterocycles. The van der Waals surface area contributed by atoms with E-state index in [1.807, 2.05) is 12.2 Å². The van der Waals surface area contributed by atoms with Gasteiger partial charge in [0, 0.05) is 0 Å². The average molecular weight is 324 g/mol. The predicted octanol–water partition coefficient (Wildman–Crippen LogP) is 4.74. The first-order valence-corrected chi connectivity index (χ1v) is 9.16. The van der Waals surface area contributed by atoms with Crippen LogP contribution in [0.5, 0.6) is 0 Å². The molecule has 1 rings (SSSR count). The van der Waals surface area contributed by atoms with Crippen molar-refractivity contribution in [2.75, 3.05) is 0 Å². The lowest BCUT2D eigenvalue weighted by Gasteiger charge is -2.35. The van der Waals surface area contributed by atoms with Crippen molar-refractivity contribution in [1.29, 1.82) is 0 Å². The molecule has 0 spiro atoms. The van der Waals surface area contributed by atoms with Gasteiger partial charge in [0.15, 0.2) is 0 Å². The van der Waals surface area contributed by atoms with Gasteiger partial charge in [-0.1, -0.05) is 70.9 Å². The molecule has 2 N–H and O–H groups in total. The number of hydrogen-bond donors (Lipinski definition) is 2. The van der Waals surface area contributed by atoms with E-state index >= 15 is 0 Å². The molecule has 1 aliphatic carbocycles. The number of carbonyl (C=O) groups is 2. The summed E-state index contributed by atoms with van der Waals surface area (Å²) < 4.78 is 0. The van der Waals surface area contributed by atoms with Crippen LogP contribution in [-0.2, 0) is 9.59 Å². The third kappa shape index (κ3) is 6.00. The second kappa shape index (κ2) is 10.5. The minimum atomic E-state index is -0.957. The summed E-state index contributed by atoms with van der Waals surface area (Å²) >= 11 is 0. The van der Waals surface area contributed by atoms with Gasteiger partial charge in [0.1, 0.15) is 0 Å². The third-order valence-corrected chi connectivity index (χ3v) is 5.02. The van der Waals surface area contributed by atoms with Gasteiger partial charge in [0.05, 0.1) is 11.8 Å². The van der Waals surface area contributed by atoms with Crippen LogP contribution in [0.15, 0.2) is 12.2 Å². The smallest absolute Gasteiger partial charge is 0.307 e. The molecule has 0 saturated carbocycles. The van der Waals surface area contributed by atoms with Gasteiger partial charge in [-0.15, -0.1) is 0 Å². The van der Waals surface area contributed by atoms with Crippen molar-refractivity contribution in [2.45, 2.75) is 71.6 Å². The minimum absolute atomic E-state index is 0.145. The number of carboxylic acid groups (broad SMARTS) is 2. The Morgan fingerprint density at radius 3 is 1.52 bits per heavy atom. The summed E-state index contributed by atoms with van der Waals surface area (Å²) in [5, 5.41) is 19.2. The lowest BCUT2D eigenvalue weighted by atomic mass is 9.67. The zero-order valence-electron chi connectivity index (χ0n) is 14.5. The maximum atomic E-state index is 11.7. The first-order chi connectivity index (χ1) is 11.0. The van der Waals surface area contributed by atoms with Crippen molar-refractivity contribution < 1.29 is 19.8 Å². The molecule has 0 heterocycles. The monoisotopic (exact) mass is 324 g/mol. The normalized spacial score (nSPS) is 27.0. The fourth-order valence-electron chi connectivity index (χ4n) is 3.72. The summed E-state index contributed by atoms with van der Waals surface area (Å²) in [6, 6.07) is 0. The van der Waals surface area contributed by atoms with Gasteiger partial charge in [-0.05, 0) is 24.7 Å². The van der Waals surface area contributed by atoms with Crippen LogP contribution in [0.1, 0.15) is 71.6 Å². The van der Waals surface area contributed by atoms with E-state index in [0.29, 0.717) is 0 Å². The van der Waals surface area contributed by atoms with E-state index in [9.17, 15) is 19.8 Å². The summed E-state index contributed by atoms with van der Waals surface area (Å²) in [7, 11) is 0. The van der Waals surface area contributed by atoms with Crippen LogP contribution in [0.25, 0.3) is 0 Å².